The first-order valence-electron chi connectivity index (χ1n) is 9.32. The molecule has 1 amide bonds. The first-order valence-corrected chi connectivity index (χ1v) is 10.9. The summed E-state index contributed by atoms with van der Waals surface area (Å²) in [5.74, 6) is -0.932. The Morgan fingerprint density at radius 1 is 1.13 bits per heavy atom. The highest BCUT2D eigenvalue weighted by Crippen LogP contribution is 2.25. The van der Waals surface area contributed by atoms with Crippen LogP contribution in [-0.2, 0) is 16.4 Å². The number of hydrogen-bond acceptors (Lipinski definition) is 7. The van der Waals surface area contributed by atoms with E-state index < -0.39 is 15.8 Å². The lowest BCUT2D eigenvalue weighted by atomic mass is 10.00. The van der Waals surface area contributed by atoms with Crippen LogP contribution in [0, 0.1) is 12.7 Å². The first-order chi connectivity index (χ1) is 14.7. The van der Waals surface area contributed by atoms with Crippen LogP contribution >= 0.6 is 0 Å². The number of nitrogens with zero attached hydrogens (tertiary/aromatic N) is 2. The molecule has 31 heavy (non-hydrogen) atoms. The highest BCUT2D eigenvalue weighted by molar-refractivity contribution is 7.89. The smallest absolute Gasteiger partial charge is 0.251 e. The van der Waals surface area contributed by atoms with Gasteiger partial charge in [0.2, 0.25) is 16.0 Å². The number of primary sulfonamides is 1. The number of amides is 1. The Morgan fingerprint density at radius 2 is 1.87 bits per heavy atom. The van der Waals surface area contributed by atoms with Crippen LogP contribution in [0.4, 0.5) is 27.5 Å². The second-order valence-electron chi connectivity index (χ2n) is 7.04. The quantitative estimate of drug-likeness (QED) is 0.476. The van der Waals surface area contributed by atoms with Crippen molar-refractivity contribution < 1.29 is 17.6 Å². The molecule has 1 aliphatic heterocycles. The summed E-state index contributed by atoms with van der Waals surface area (Å²) in [4.78, 5) is 20.0. The molecule has 11 heteroatoms. The van der Waals surface area contributed by atoms with Crippen LogP contribution in [0.15, 0.2) is 47.5 Å². The number of hydrogen-bond donors (Lipinski definition) is 4. The van der Waals surface area contributed by atoms with Gasteiger partial charge in [-0.1, -0.05) is 12.1 Å². The number of aryl methyl sites for hydroxylation is 1. The molecule has 0 saturated carbocycles. The van der Waals surface area contributed by atoms with E-state index in [4.69, 9.17) is 5.14 Å². The van der Waals surface area contributed by atoms with Crippen molar-refractivity contribution in [3.05, 3.63) is 65.1 Å². The average molecular weight is 442 g/mol. The summed E-state index contributed by atoms with van der Waals surface area (Å²) in [5, 5.41) is 13.7. The van der Waals surface area contributed by atoms with Crippen molar-refractivity contribution in [2.75, 3.05) is 17.2 Å². The number of aromatic nitrogens is 2. The van der Waals surface area contributed by atoms with Crippen LogP contribution < -0.4 is 21.1 Å². The normalized spacial score (nSPS) is 13.3. The summed E-state index contributed by atoms with van der Waals surface area (Å²) >= 11 is 0. The van der Waals surface area contributed by atoms with Gasteiger partial charge in [0.15, 0.2) is 11.6 Å². The van der Waals surface area contributed by atoms with E-state index in [0.717, 1.165) is 18.2 Å². The summed E-state index contributed by atoms with van der Waals surface area (Å²) in [6.07, 6.45) is 1.71. The molecule has 2 aromatic carbocycles. The summed E-state index contributed by atoms with van der Waals surface area (Å²) in [6.45, 7) is 2.21. The zero-order valence-electron chi connectivity index (χ0n) is 16.4. The van der Waals surface area contributed by atoms with Crippen molar-refractivity contribution >= 4 is 39.1 Å². The Balaban J connectivity index is 1.60. The molecule has 0 bridgehead atoms. The van der Waals surface area contributed by atoms with E-state index in [9.17, 15) is 17.6 Å². The molecule has 0 radical (unpaired) electrons. The predicted molar refractivity (Wildman–Crippen MR) is 114 cm³/mol. The van der Waals surface area contributed by atoms with Gasteiger partial charge in [-0.3, -0.25) is 4.79 Å². The molecule has 0 unspecified atom stereocenters. The molecule has 1 aromatic heterocycles. The summed E-state index contributed by atoms with van der Waals surface area (Å²) < 4.78 is 37.7. The molecule has 3 aromatic rings. The number of benzene rings is 2. The minimum Gasteiger partial charge on any atom is -0.352 e. The fraction of sp³-hybridized carbons (Fsp3) is 0.150. The molecule has 9 nitrogen and oxygen atoms in total. The third-order valence-corrected chi connectivity index (χ3v) is 5.84. The Kier molecular flexibility index (Phi) is 5.29. The number of carbonyl (C=O) groups excluding carboxylic acids is 1. The maximum Gasteiger partial charge on any atom is 0.251 e. The molecule has 4 rings (SSSR count). The SMILES string of the molecule is Cc1ccc(Nc2ncc(F)c(Nc3ccc4c(c3)C(=O)NCC4)n2)cc1S(N)(=O)=O. The lowest BCUT2D eigenvalue weighted by Gasteiger charge is -2.17. The first kappa shape index (κ1) is 20.7. The maximum atomic E-state index is 14.3. The van der Waals surface area contributed by atoms with Crippen molar-refractivity contribution in [2.24, 2.45) is 5.14 Å². The highest BCUT2D eigenvalue weighted by atomic mass is 32.2. The second-order valence-corrected chi connectivity index (χ2v) is 8.57. The van der Waals surface area contributed by atoms with Crippen LogP contribution in [0.5, 0.6) is 0 Å². The largest absolute Gasteiger partial charge is 0.352 e. The monoisotopic (exact) mass is 442 g/mol. The third-order valence-electron chi connectivity index (χ3n) is 4.79. The maximum absolute atomic E-state index is 14.3. The number of sulfonamides is 1. The Hall–Kier alpha value is -3.57. The molecule has 160 valence electrons. The molecular formula is C20H19FN6O3S. The molecule has 0 spiro atoms. The minimum atomic E-state index is -3.90. The minimum absolute atomic E-state index is 0.0368. The number of anilines is 4. The average Bonchev–Trinajstić information content (AvgIpc) is 2.72. The zero-order chi connectivity index (χ0) is 22.2. The van der Waals surface area contributed by atoms with Gasteiger partial charge in [-0.2, -0.15) is 4.98 Å². The Labute approximate surface area is 178 Å². The number of nitrogens with two attached hydrogens (primary N) is 1. The van der Waals surface area contributed by atoms with Gasteiger partial charge in [-0.25, -0.2) is 22.9 Å². The van der Waals surface area contributed by atoms with Crippen LogP contribution in [0.2, 0.25) is 0 Å². The number of rotatable bonds is 5. The van der Waals surface area contributed by atoms with Crippen molar-refractivity contribution in [3.8, 4) is 0 Å². The fourth-order valence-electron chi connectivity index (χ4n) is 3.25. The van der Waals surface area contributed by atoms with Crippen LogP contribution in [0.3, 0.4) is 0 Å². The molecule has 0 atom stereocenters. The fourth-order valence-corrected chi connectivity index (χ4v) is 4.06. The van der Waals surface area contributed by atoms with Crippen molar-refractivity contribution in [1.29, 1.82) is 0 Å². The topological polar surface area (TPSA) is 139 Å². The molecule has 0 fully saturated rings. The van der Waals surface area contributed by atoms with Gasteiger partial charge in [0.25, 0.3) is 5.91 Å². The third kappa shape index (κ3) is 4.47. The highest BCUT2D eigenvalue weighted by Gasteiger charge is 2.18. The number of fused-ring (bicyclic) bond motifs is 1. The van der Waals surface area contributed by atoms with Crippen molar-refractivity contribution in [3.63, 3.8) is 0 Å². The Morgan fingerprint density at radius 3 is 2.65 bits per heavy atom. The lowest BCUT2D eigenvalue weighted by molar-refractivity contribution is 0.0946. The van der Waals surface area contributed by atoms with Gasteiger partial charge in [0, 0.05) is 23.5 Å². The molecule has 2 heterocycles. The van der Waals surface area contributed by atoms with E-state index in [0.29, 0.717) is 29.0 Å². The summed E-state index contributed by atoms with van der Waals surface area (Å²) in [6, 6.07) is 9.76. The van der Waals surface area contributed by atoms with Gasteiger partial charge < -0.3 is 16.0 Å². The molecule has 5 N–H and O–H groups in total. The van der Waals surface area contributed by atoms with E-state index in [1.165, 1.54) is 6.07 Å². The number of halogens is 1. The van der Waals surface area contributed by atoms with E-state index in [1.807, 2.05) is 6.07 Å². The van der Waals surface area contributed by atoms with Gasteiger partial charge in [0.05, 0.1) is 11.1 Å². The van der Waals surface area contributed by atoms with Gasteiger partial charge in [0.1, 0.15) is 0 Å². The molecule has 0 aliphatic carbocycles. The zero-order valence-corrected chi connectivity index (χ0v) is 17.3. The molecular weight excluding hydrogens is 423 g/mol. The van der Waals surface area contributed by atoms with Gasteiger partial charge >= 0.3 is 0 Å². The summed E-state index contributed by atoms with van der Waals surface area (Å²) in [5.41, 5.74) is 2.81. The van der Waals surface area contributed by atoms with E-state index in [1.54, 1.807) is 31.2 Å². The Bertz CT molecular complexity index is 1300. The van der Waals surface area contributed by atoms with Crippen molar-refractivity contribution in [1.82, 2.24) is 15.3 Å². The van der Waals surface area contributed by atoms with Crippen LogP contribution in [0.1, 0.15) is 21.5 Å². The van der Waals surface area contributed by atoms with Crippen molar-refractivity contribution in [2.45, 2.75) is 18.2 Å². The standard InChI is InChI=1S/C20H19FN6O3S/c1-11-2-4-14(9-17(11)31(22,29)30)26-20-24-10-16(21)18(27-20)25-13-5-3-12-6-7-23-19(28)15(12)8-13/h2-5,8-10H,6-7H2,1H3,(H,23,28)(H2,22,29,30)(H2,24,25,26,27). The predicted octanol–water partition coefficient (Wildman–Crippen LogP) is 2.34. The van der Waals surface area contributed by atoms with E-state index >= 15 is 0 Å². The second kappa shape index (κ2) is 7.93. The lowest BCUT2D eigenvalue weighted by Crippen LogP contribution is -2.31. The number of carbonyl (C=O) groups is 1. The number of nitrogens with one attached hydrogen (secondary N) is 3. The van der Waals surface area contributed by atoms with Crippen LogP contribution in [-0.4, -0.2) is 30.8 Å². The van der Waals surface area contributed by atoms with Gasteiger partial charge in [-0.05, 0) is 48.7 Å². The molecule has 0 saturated heterocycles. The molecule has 1 aliphatic rings. The van der Waals surface area contributed by atoms with Gasteiger partial charge in [-0.15, -0.1) is 0 Å². The van der Waals surface area contributed by atoms with E-state index in [-0.39, 0.29) is 22.6 Å². The van der Waals surface area contributed by atoms with E-state index in [2.05, 4.69) is 25.9 Å². The van der Waals surface area contributed by atoms with Crippen LogP contribution in [0.25, 0.3) is 0 Å². The summed E-state index contributed by atoms with van der Waals surface area (Å²) in [7, 11) is -3.90.